The number of carbonyl (C=O) groups is 1. The van der Waals surface area contributed by atoms with Gasteiger partial charge in [0, 0.05) is 5.69 Å². The molecule has 0 bridgehead atoms. The molecule has 1 amide bonds. The molecule has 0 aliphatic heterocycles. The van der Waals surface area contributed by atoms with Gasteiger partial charge in [-0.25, -0.2) is 8.42 Å². The van der Waals surface area contributed by atoms with Gasteiger partial charge in [0.15, 0.2) is 0 Å². The highest BCUT2D eigenvalue weighted by Gasteiger charge is 2.27. The Bertz CT molecular complexity index is 1140. The summed E-state index contributed by atoms with van der Waals surface area (Å²) in [4.78, 5) is 13.0. The van der Waals surface area contributed by atoms with E-state index in [4.69, 9.17) is 0 Å². The van der Waals surface area contributed by atoms with Crippen LogP contribution in [0, 0.1) is 0 Å². The molecule has 0 aliphatic carbocycles. The van der Waals surface area contributed by atoms with Crippen molar-refractivity contribution in [2.75, 3.05) is 16.2 Å². The molecular formula is C27H32N2O3S. The first kappa shape index (κ1) is 24.5. The number of anilines is 2. The van der Waals surface area contributed by atoms with E-state index in [-0.39, 0.29) is 11.4 Å². The van der Waals surface area contributed by atoms with Crippen LogP contribution in [0.25, 0.3) is 0 Å². The maximum absolute atomic E-state index is 13.4. The molecule has 0 radical (unpaired) electrons. The number of carbonyl (C=O) groups excluding carboxylic acids is 1. The van der Waals surface area contributed by atoms with Crippen molar-refractivity contribution in [3.05, 3.63) is 90.0 Å². The van der Waals surface area contributed by atoms with E-state index in [1.807, 2.05) is 36.4 Å². The van der Waals surface area contributed by atoms with Crippen LogP contribution in [0.5, 0.6) is 0 Å². The number of nitrogens with zero attached hydrogens (tertiary/aromatic N) is 1. The number of hydrogen-bond acceptors (Lipinski definition) is 3. The summed E-state index contributed by atoms with van der Waals surface area (Å²) in [5.41, 5.74) is 3.41. The molecule has 5 nitrogen and oxygen atoms in total. The fourth-order valence-electron chi connectivity index (χ4n) is 3.53. The lowest BCUT2D eigenvalue weighted by Gasteiger charge is -2.24. The minimum absolute atomic E-state index is 0.144. The van der Waals surface area contributed by atoms with Crippen LogP contribution in [0.4, 0.5) is 11.4 Å². The molecular weight excluding hydrogens is 432 g/mol. The average Bonchev–Trinajstić information content (AvgIpc) is 2.82. The number of unbranched alkanes of at least 4 members (excludes halogenated alkanes) is 1. The largest absolute Gasteiger partial charge is 0.325 e. The standard InChI is InChI=1S/C27H32N2O3S/c1-4-5-9-22-12-16-24(17-13-22)28-27(30)20-29(25-18-14-23(15-19-25)21(2)3)33(31,32)26-10-7-6-8-11-26/h6-8,10-19,21H,4-5,9,20H2,1-3H3,(H,28,30). The maximum atomic E-state index is 13.4. The van der Waals surface area contributed by atoms with Crippen molar-refractivity contribution in [2.24, 2.45) is 0 Å². The molecule has 0 aliphatic rings. The average molecular weight is 465 g/mol. The van der Waals surface area contributed by atoms with Crippen molar-refractivity contribution < 1.29 is 13.2 Å². The predicted octanol–water partition coefficient (Wildman–Crippen LogP) is 5.99. The van der Waals surface area contributed by atoms with Gasteiger partial charge in [-0.1, -0.05) is 69.7 Å². The van der Waals surface area contributed by atoms with E-state index in [0.29, 0.717) is 17.3 Å². The SMILES string of the molecule is CCCCc1ccc(NC(=O)CN(c2ccc(C(C)C)cc2)S(=O)(=O)c2ccccc2)cc1. The Morgan fingerprint density at radius 2 is 1.55 bits per heavy atom. The van der Waals surface area contributed by atoms with Gasteiger partial charge in [0.1, 0.15) is 6.54 Å². The number of nitrogens with one attached hydrogen (secondary N) is 1. The van der Waals surface area contributed by atoms with Gasteiger partial charge in [0.25, 0.3) is 10.0 Å². The van der Waals surface area contributed by atoms with Gasteiger partial charge in [-0.15, -0.1) is 0 Å². The summed E-state index contributed by atoms with van der Waals surface area (Å²) >= 11 is 0. The zero-order chi connectivity index (χ0) is 23.8. The lowest BCUT2D eigenvalue weighted by Crippen LogP contribution is -2.38. The molecule has 3 aromatic carbocycles. The summed E-state index contributed by atoms with van der Waals surface area (Å²) in [6.45, 7) is 5.99. The monoisotopic (exact) mass is 464 g/mol. The topological polar surface area (TPSA) is 66.5 Å². The molecule has 6 heteroatoms. The number of hydrogen-bond donors (Lipinski definition) is 1. The molecule has 0 heterocycles. The summed E-state index contributed by atoms with van der Waals surface area (Å²) in [5, 5.41) is 2.83. The number of rotatable bonds is 10. The van der Waals surface area contributed by atoms with Crippen LogP contribution < -0.4 is 9.62 Å². The Hall–Kier alpha value is -3.12. The van der Waals surface area contributed by atoms with Crippen molar-refractivity contribution in [2.45, 2.75) is 50.8 Å². The van der Waals surface area contributed by atoms with Crippen LogP contribution in [0.1, 0.15) is 50.7 Å². The van der Waals surface area contributed by atoms with Crippen LogP contribution >= 0.6 is 0 Å². The maximum Gasteiger partial charge on any atom is 0.264 e. The highest BCUT2D eigenvalue weighted by atomic mass is 32.2. The van der Waals surface area contributed by atoms with Crippen molar-refractivity contribution in [3.63, 3.8) is 0 Å². The first-order valence-electron chi connectivity index (χ1n) is 11.4. The second-order valence-electron chi connectivity index (χ2n) is 8.42. The van der Waals surface area contributed by atoms with Crippen molar-refractivity contribution >= 4 is 27.3 Å². The summed E-state index contributed by atoms with van der Waals surface area (Å²) in [6.07, 6.45) is 3.25. The molecule has 3 rings (SSSR count). The molecule has 0 unspecified atom stereocenters. The zero-order valence-electron chi connectivity index (χ0n) is 19.5. The predicted molar refractivity (Wildman–Crippen MR) is 135 cm³/mol. The van der Waals surface area contributed by atoms with E-state index >= 15 is 0 Å². The molecule has 33 heavy (non-hydrogen) atoms. The summed E-state index contributed by atoms with van der Waals surface area (Å²) in [6, 6.07) is 23.2. The Morgan fingerprint density at radius 3 is 2.12 bits per heavy atom. The molecule has 0 saturated carbocycles. The van der Waals surface area contributed by atoms with Gasteiger partial charge in [0.05, 0.1) is 10.6 Å². The molecule has 0 aromatic heterocycles. The van der Waals surface area contributed by atoms with Gasteiger partial charge < -0.3 is 5.32 Å². The quantitative estimate of drug-likeness (QED) is 0.401. The van der Waals surface area contributed by atoms with E-state index in [2.05, 4.69) is 26.1 Å². The van der Waals surface area contributed by atoms with Crippen molar-refractivity contribution in [1.29, 1.82) is 0 Å². The number of sulfonamides is 1. The normalized spacial score (nSPS) is 11.4. The number of amides is 1. The Labute approximate surface area is 197 Å². The Kier molecular flexibility index (Phi) is 8.28. The van der Waals surface area contributed by atoms with Crippen LogP contribution in [0.3, 0.4) is 0 Å². The van der Waals surface area contributed by atoms with Crippen LogP contribution in [-0.4, -0.2) is 20.9 Å². The third-order valence-electron chi connectivity index (χ3n) is 5.52. The molecule has 3 aromatic rings. The highest BCUT2D eigenvalue weighted by Crippen LogP contribution is 2.26. The molecule has 1 N–H and O–H groups in total. The molecule has 0 atom stereocenters. The van der Waals surface area contributed by atoms with E-state index in [0.717, 1.165) is 29.1 Å². The summed E-state index contributed by atoms with van der Waals surface area (Å²) in [7, 11) is -3.92. The van der Waals surface area contributed by atoms with Gasteiger partial charge >= 0.3 is 0 Å². The highest BCUT2D eigenvalue weighted by molar-refractivity contribution is 7.92. The van der Waals surface area contributed by atoms with Crippen molar-refractivity contribution in [1.82, 2.24) is 0 Å². The Balaban J connectivity index is 1.84. The van der Waals surface area contributed by atoms with Gasteiger partial charge in [-0.3, -0.25) is 9.10 Å². The van der Waals surface area contributed by atoms with Gasteiger partial charge in [0.2, 0.25) is 5.91 Å². The fraction of sp³-hybridized carbons (Fsp3) is 0.296. The third kappa shape index (κ3) is 6.45. The van der Waals surface area contributed by atoms with E-state index in [1.165, 1.54) is 17.7 Å². The first-order chi connectivity index (χ1) is 15.8. The third-order valence-corrected chi connectivity index (χ3v) is 7.31. The van der Waals surface area contributed by atoms with E-state index in [9.17, 15) is 13.2 Å². The zero-order valence-corrected chi connectivity index (χ0v) is 20.3. The van der Waals surface area contributed by atoms with E-state index in [1.54, 1.807) is 30.3 Å². The van der Waals surface area contributed by atoms with Gasteiger partial charge in [-0.2, -0.15) is 0 Å². The molecule has 0 fully saturated rings. The number of benzene rings is 3. The second kappa shape index (κ2) is 11.1. The van der Waals surface area contributed by atoms with Crippen LogP contribution in [-0.2, 0) is 21.2 Å². The molecule has 174 valence electrons. The van der Waals surface area contributed by atoms with Crippen LogP contribution in [0.15, 0.2) is 83.8 Å². The fourth-order valence-corrected chi connectivity index (χ4v) is 4.97. The van der Waals surface area contributed by atoms with Crippen LogP contribution in [0.2, 0.25) is 0 Å². The second-order valence-corrected chi connectivity index (χ2v) is 10.3. The Morgan fingerprint density at radius 1 is 0.909 bits per heavy atom. The summed E-state index contributed by atoms with van der Waals surface area (Å²) in [5.74, 6) is -0.0782. The van der Waals surface area contributed by atoms with Crippen molar-refractivity contribution in [3.8, 4) is 0 Å². The minimum atomic E-state index is -3.92. The number of aryl methyl sites for hydroxylation is 1. The lowest BCUT2D eigenvalue weighted by atomic mass is 10.0. The van der Waals surface area contributed by atoms with E-state index < -0.39 is 15.9 Å². The van der Waals surface area contributed by atoms with Gasteiger partial charge in [-0.05, 0) is 66.3 Å². The minimum Gasteiger partial charge on any atom is -0.325 e. The molecule has 0 spiro atoms. The first-order valence-corrected chi connectivity index (χ1v) is 12.8. The smallest absolute Gasteiger partial charge is 0.264 e. The molecule has 0 saturated heterocycles. The lowest BCUT2D eigenvalue weighted by molar-refractivity contribution is -0.114. The summed E-state index contributed by atoms with van der Waals surface area (Å²) < 4.78 is 28.0.